The van der Waals surface area contributed by atoms with Crippen molar-refractivity contribution in [3.05, 3.63) is 41.1 Å². The molecule has 0 aliphatic carbocycles. The summed E-state index contributed by atoms with van der Waals surface area (Å²) in [4.78, 5) is 9.12. The van der Waals surface area contributed by atoms with Crippen LogP contribution in [-0.2, 0) is 4.74 Å². The van der Waals surface area contributed by atoms with Crippen molar-refractivity contribution in [2.24, 2.45) is 0 Å². The molecule has 0 aliphatic rings. The predicted octanol–water partition coefficient (Wildman–Crippen LogP) is 4.41. The number of anilines is 3. The number of aryl methyl sites for hydroxylation is 2. The summed E-state index contributed by atoms with van der Waals surface area (Å²) >= 11 is 0. The average Bonchev–Trinajstić information content (AvgIpc) is 2.53. The molecular formula is C19H28N4O. The van der Waals surface area contributed by atoms with Crippen molar-refractivity contribution in [2.45, 2.75) is 40.0 Å². The lowest BCUT2D eigenvalue weighted by Crippen LogP contribution is -2.09. The molecule has 0 atom stereocenters. The highest BCUT2D eigenvalue weighted by molar-refractivity contribution is 5.64. The van der Waals surface area contributed by atoms with Crippen molar-refractivity contribution in [1.29, 1.82) is 0 Å². The van der Waals surface area contributed by atoms with E-state index >= 15 is 0 Å². The summed E-state index contributed by atoms with van der Waals surface area (Å²) in [6, 6.07) is 8.31. The SMILES string of the molecule is COCCCNc1cc(C)nc(Nc2c(C)cccc2C(C)C)n1. The van der Waals surface area contributed by atoms with Gasteiger partial charge in [0.1, 0.15) is 5.82 Å². The van der Waals surface area contributed by atoms with E-state index in [0.717, 1.165) is 36.8 Å². The minimum Gasteiger partial charge on any atom is -0.385 e. The average molecular weight is 328 g/mol. The molecule has 0 saturated carbocycles. The van der Waals surface area contributed by atoms with E-state index in [1.165, 1.54) is 11.1 Å². The van der Waals surface area contributed by atoms with Gasteiger partial charge in [0, 0.05) is 37.7 Å². The topological polar surface area (TPSA) is 59.1 Å². The van der Waals surface area contributed by atoms with E-state index in [9.17, 15) is 0 Å². The minimum absolute atomic E-state index is 0.434. The molecule has 5 nitrogen and oxygen atoms in total. The van der Waals surface area contributed by atoms with E-state index in [1.807, 2.05) is 13.0 Å². The molecular weight excluding hydrogens is 300 g/mol. The second-order valence-corrected chi connectivity index (χ2v) is 6.31. The molecule has 0 saturated heterocycles. The molecule has 1 heterocycles. The van der Waals surface area contributed by atoms with E-state index in [1.54, 1.807) is 7.11 Å². The molecule has 0 spiro atoms. The standard InChI is InChI=1S/C19H28N4O/c1-13(2)16-9-6-8-14(3)18(16)23-19-21-15(4)12-17(22-19)20-10-7-11-24-5/h6,8-9,12-13H,7,10-11H2,1-5H3,(H2,20,21,22,23). The van der Waals surface area contributed by atoms with Gasteiger partial charge in [-0.1, -0.05) is 32.0 Å². The molecule has 5 heteroatoms. The highest BCUT2D eigenvalue weighted by Gasteiger charge is 2.11. The number of nitrogens with zero attached hydrogens (tertiary/aromatic N) is 2. The third-order valence-corrected chi connectivity index (χ3v) is 3.85. The van der Waals surface area contributed by atoms with E-state index < -0.39 is 0 Å². The molecule has 24 heavy (non-hydrogen) atoms. The summed E-state index contributed by atoms with van der Waals surface area (Å²) in [6.07, 6.45) is 0.942. The number of hydrogen-bond donors (Lipinski definition) is 2. The Morgan fingerprint density at radius 3 is 2.67 bits per heavy atom. The zero-order valence-corrected chi connectivity index (χ0v) is 15.3. The van der Waals surface area contributed by atoms with Gasteiger partial charge < -0.3 is 15.4 Å². The number of methoxy groups -OCH3 is 1. The van der Waals surface area contributed by atoms with Crippen LogP contribution < -0.4 is 10.6 Å². The van der Waals surface area contributed by atoms with Gasteiger partial charge in [-0.2, -0.15) is 4.98 Å². The second kappa shape index (κ2) is 8.64. The van der Waals surface area contributed by atoms with Gasteiger partial charge in [-0.25, -0.2) is 4.98 Å². The first-order valence-electron chi connectivity index (χ1n) is 8.46. The number of para-hydroxylation sites is 1. The molecule has 0 bridgehead atoms. The fourth-order valence-electron chi connectivity index (χ4n) is 2.60. The van der Waals surface area contributed by atoms with Crippen LogP contribution in [-0.4, -0.2) is 30.2 Å². The highest BCUT2D eigenvalue weighted by Crippen LogP contribution is 2.29. The monoisotopic (exact) mass is 328 g/mol. The largest absolute Gasteiger partial charge is 0.385 e. The van der Waals surface area contributed by atoms with Crippen molar-refractivity contribution < 1.29 is 4.74 Å². The summed E-state index contributed by atoms with van der Waals surface area (Å²) in [5.41, 5.74) is 4.50. The van der Waals surface area contributed by atoms with Crippen molar-refractivity contribution in [3.63, 3.8) is 0 Å². The fourth-order valence-corrected chi connectivity index (χ4v) is 2.60. The van der Waals surface area contributed by atoms with Crippen molar-refractivity contribution in [1.82, 2.24) is 9.97 Å². The minimum atomic E-state index is 0.434. The van der Waals surface area contributed by atoms with E-state index in [-0.39, 0.29) is 0 Å². The van der Waals surface area contributed by atoms with Gasteiger partial charge in [-0.15, -0.1) is 0 Å². The van der Waals surface area contributed by atoms with Crippen LogP contribution in [0.4, 0.5) is 17.5 Å². The Bertz CT molecular complexity index is 670. The van der Waals surface area contributed by atoms with Crippen molar-refractivity contribution in [2.75, 3.05) is 30.9 Å². The van der Waals surface area contributed by atoms with Crippen LogP contribution in [0, 0.1) is 13.8 Å². The quantitative estimate of drug-likeness (QED) is 0.703. The Morgan fingerprint density at radius 2 is 1.96 bits per heavy atom. The van der Waals surface area contributed by atoms with E-state index in [4.69, 9.17) is 4.74 Å². The number of ether oxygens (including phenoxy) is 1. The molecule has 0 aliphatic heterocycles. The Balaban J connectivity index is 2.20. The molecule has 130 valence electrons. The Kier molecular flexibility index (Phi) is 6.55. The Morgan fingerprint density at radius 1 is 1.17 bits per heavy atom. The third-order valence-electron chi connectivity index (χ3n) is 3.85. The maximum atomic E-state index is 5.07. The molecule has 0 amide bonds. The lowest BCUT2D eigenvalue weighted by molar-refractivity contribution is 0.198. The van der Waals surface area contributed by atoms with Crippen LogP contribution in [0.25, 0.3) is 0 Å². The number of nitrogens with one attached hydrogen (secondary N) is 2. The molecule has 2 rings (SSSR count). The zero-order valence-electron chi connectivity index (χ0n) is 15.3. The molecule has 0 fully saturated rings. The lowest BCUT2D eigenvalue weighted by Gasteiger charge is -2.17. The molecule has 2 N–H and O–H groups in total. The summed E-state index contributed by atoms with van der Waals surface area (Å²) in [5.74, 6) is 1.89. The third kappa shape index (κ3) is 4.93. The fraction of sp³-hybridized carbons (Fsp3) is 0.474. The van der Waals surface area contributed by atoms with Crippen molar-refractivity contribution in [3.8, 4) is 0 Å². The first-order chi connectivity index (χ1) is 11.5. The van der Waals surface area contributed by atoms with Crippen LogP contribution >= 0.6 is 0 Å². The summed E-state index contributed by atoms with van der Waals surface area (Å²) in [5, 5.41) is 6.75. The predicted molar refractivity (Wildman–Crippen MR) is 100 cm³/mol. The van der Waals surface area contributed by atoms with Crippen molar-refractivity contribution >= 4 is 17.5 Å². The first kappa shape index (κ1) is 18.2. The van der Waals surface area contributed by atoms with E-state index in [2.05, 4.69) is 59.6 Å². The van der Waals surface area contributed by atoms with Gasteiger partial charge in [0.25, 0.3) is 0 Å². The second-order valence-electron chi connectivity index (χ2n) is 6.31. The van der Waals surface area contributed by atoms with Gasteiger partial charge in [0.15, 0.2) is 0 Å². The Hall–Kier alpha value is -2.14. The van der Waals surface area contributed by atoms with Gasteiger partial charge in [0.2, 0.25) is 5.95 Å². The van der Waals surface area contributed by atoms with Crippen LogP contribution in [0.5, 0.6) is 0 Å². The number of rotatable bonds is 8. The number of benzene rings is 1. The Labute approximate surface area is 144 Å². The first-order valence-corrected chi connectivity index (χ1v) is 8.46. The van der Waals surface area contributed by atoms with Crippen LogP contribution in [0.1, 0.15) is 43.0 Å². The maximum Gasteiger partial charge on any atom is 0.229 e. The maximum absolute atomic E-state index is 5.07. The summed E-state index contributed by atoms with van der Waals surface area (Å²) < 4.78 is 5.07. The number of aromatic nitrogens is 2. The molecule has 0 radical (unpaired) electrons. The highest BCUT2D eigenvalue weighted by atomic mass is 16.5. The molecule has 2 aromatic rings. The smallest absolute Gasteiger partial charge is 0.229 e. The van der Waals surface area contributed by atoms with Crippen LogP contribution in [0.3, 0.4) is 0 Å². The van der Waals surface area contributed by atoms with Crippen LogP contribution in [0.2, 0.25) is 0 Å². The van der Waals surface area contributed by atoms with E-state index in [0.29, 0.717) is 11.9 Å². The zero-order chi connectivity index (χ0) is 17.5. The van der Waals surface area contributed by atoms with Gasteiger partial charge in [-0.05, 0) is 37.3 Å². The van der Waals surface area contributed by atoms with Crippen LogP contribution in [0.15, 0.2) is 24.3 Å². The van der Waals surface area contributed by atoms with Gasteiger partial charge in [0.05, 0.1) is 0 Å². The summed E-state index contributed by atoms with van der Waals surface area (Å²) in [7, 11) is 1.71. The summed E-state index contributed by atoms with van der Waals surface area (Å²) in [6.45, 7) is 10.0. The lowest BCUT2D eigenvalue weighted by atomic mass is 9.98. The van der Waals surface area contributed by atoms with Gasteiger partial charge in [-0.3, -0.25) is 0 Å². The van der Waals surface area contributed by atoms with Gasteiger partial charge >= 0.3 is 0 Å². The molecule has 1 aromatic heterocycles. The number of hydrogen-bond acceptors (Lipinski definition) is 5. The normalized spacial score (nSPS) is 10.9. The molecule has 0 unspecified atom stereocenters. The molecule has 1 aromatic carbocycles.